The Balaban J connectivity index is 2.21. The molecule has 0 aromatic heterocycles. The van der Waals surface area contributed by atoms with E-state index in [-0.39, 0.29) is 29.1 Å². The van der Waals surface area contributed by atoms with E-state index in [1.807, 2.05) is 0 Å². The van der Waals surface area contributed by atoms with Gasteiger partial charge in [0.1, 0.15) is 12.3 Å². The Kier molecular flexibility index (Phi) is 2.85. The van der Waals surface area contributed by atoms with E-state index in [9.17, 15) is 14.4 Å². The van der Waals surface area contributed by atoms with Crippen LogP contribution in [0.2, 0.25) is 0 Å². The lowest BCUT2D eigenvalue weighted by Gasteiger charge is -2.20. The maximum atomic E-state index is 11.8. The van der Waals surface area contributed by atoms with Crippen LogP contribution >= 0.6 is 0 Å². The first kappa shape index (κ1) is 11.0. The molecule has 2 aliphatic carbocycles. The van der Waals surface area contributed by atoms with Crippen LogP contribution in [0.5, 0.6) is 0 Å². The fourth-order valence-corrected chi connectivity index (χ4v) is 2.53. The molecule has 16 heavy (non-hydrogen) atoms. The van der Waals surface area contributed by atoms with Crippen molar-refractivity contribution in [1.82, 2.24) is 0 Å². The van der Waals surface area contributed by atoms with Crippen molar-refractivity contribution in [3.8, 4) is 0 Å². The van der Waals surface area contributed by atoms with Crippen LogP contribution < -0.4 is 0 Å². The van der Waals surface area contributed by atoms with Crippen molar-refractivity contribution < 1.29 is 19.5 Å². The van der Waals surface area contributed by atoms with Gasteiger partial charge in [0.2, 0.25) is 0 Å². The van der Waals surface area contributed by atoms with E-state index in [0.717, 1.165) is 25.7 Å². The van der Waals surface area contributed by atoms with Crippen LogP contribution in [-0.4, -0.2) is 34.9 Å². The lowest BCUT2D eigenvalue weighted by Crippen LogP contribution is -2.21. The van der Waals surface area contributed by atoms with Gasteiger partial charge in [-0.3, -0.25) is 19.4 Å². The molecule has 0 bridgehead atoms. The zero-order valence-corrected chi connectivity index (χ0v) is 8.81. The number of carbonyl (C=O) groups is 3. The lowest BCUT2D eigenvalue weighted by atomic mass is 9.81. The van der Waals surface area contributed by atoms with Gasteiger partial charge in [-0.15, -0.1) is 0 Å². The molecule has 0 radical (unpaired) electrons. The summed E-state index contributed by atoms with van der Waals surface area (Å²) in [5.74, 6) is -2.06. The molecule has 0 heterocycles. The number of fused-ring (bicyclic) bond motifs is 1. The highest BCUT2D eigenvalue weighted by Gasteiger charge is 2.47. The van der Waals surface area contributed by atoms with Crippen LogP contribution in [0.15, 0.2) is 4.99 Å². The van der Waals surface area contributed by atoms with Gasteiger partial charge in [0.15, 0.2) is 11.6 Å². The number of Topliss-reactive ketones (excluding diaryl/α,β-unsaturated/α-hetero) is 2. The summed E-state index contributed by atoms with van der Waals surface area (Å²) >= 11 is 0. The van der Waals surface area contributed by atoms with Gasteiger partial charge in [0.05, 0.1) is 0 Å². The number of rotatable bonds is 2. The normalized spacial score (nSPS) is 29.1. The molecule has 5 nitrogen and oxygen atoms in total. The van der Waals surface area contributed by atoms with Crippen LogP contribution in [0.3, 0.4) is 0 Å². The highest BCUT2D eigenvalue weighted by molar-refractivity contribution is 6.70. The molecular formula is C11H13NO4. The van der Waals surface area contributed by atoms with Crippen molar-refractivity contribution in [2.45, 2.75) is 25.7 Å². The Morgan fingerprint density at radius 2 is 1.69 bits per heavy atom. The van der Waals surface area contributed by atoms with Gasteiger partial charge in [-0.1, -0.05) is 12.8 Å². The highest BCUT2D eigenvalue weighted by Crippen LogP contribution is 2.36. The summed E-state index contributed by atoms with van der Waals surface area (Å²) in [6.07, 6.45) is 3.40. The standard InChI is InChI=1S/C11H13NO4/c13-8(14)5-12-9-10(15)6-3-1-2-4-7(6)11(9)16/h6-7H,1-5H2,(H,13,14). The largest absolute Gasteiger partial charge is 0.480 e. The summed E-state index contributed by atoms with van der Waals surface area (Å²) in [5.41, 5.74) is -0.112. The molecule has 5 heteroatoms. The van der Waals surface area contributed by atoms with Gasteiger partial charge >= 0.3 is 5.97 Å². The summed E-state index contributed by atoms with van der Waals surface area (Å²) < 4.78 is 0. The van der Waals surface area contributed by atoms with Crippen molar-refractivity contribution in [3.05, 3.63) is 0 Å². The number of carboxylic acids is 1. The second-order valence-electron chi connectivity index (χ2n) is 4.28. The third kappa shape index (κ3) is 1.77. The Morgan fingerprint density at radius 1 is 1.19 bits per heavy atom. The SMILES string of the molecule is O=C(O)CN=C1C(=O)C2CCCCC2C1=O. The summed E-state index contributed by atoms with van der Waals surface area (Å²) in [5, 5.41) is 8.48. The zero-order valence-electron chi connectivity index (χ0n) is 8.81. The van der Waals surface area contributed by atoms with Crippen molar-refractivity contribution in [1.29, 1.82) is 0 Å². The summed E-state index contributed by atoms with van der Waals surface area (Å²) in [7, 11) is 0. The summed E-state index contributed by atoms with van der Waals surface area (Å²) in [6.45, 7) is -0.494. The van der Waals surface area contributed by atoms with Crippen molar-refractivity contribution >= 4 is 23.2 Å². The molecule has 2 aliphatic rings. The predicted molar refractivity (Wildman–Crippen MR) is 55.4 cm³/mol. The van der Waals surface area contributed by atoms with E-state index < -0.39 is 12.5 Å². The van der Waals surface area contributed by atoms with Gasteiger partial charge in [-0.2, -0.15) is 0 Å². The number of ketones is 2. The molecule has 2 fully saturated rings. The molecule has 2 unspecified atom stereocenters. The highest BCUT2D eigenvalue weighted by atomic mass is 16.4. The maximum Gasteiger partial charge on any atom is 0.325 e. The Labute approximate surface area is 92.6 Å². The topological polar surface area (TPSA) is 83.8 Å². The van der Waals surface area contributed by atoms with Crippen molar-refractivity contribution in [2.24, 2.45) is 16.8 Å². The fraction of sp³-hybridized carbons (Fsp3) is 0.636. The Hall–Kier alpha value is -1.52. The lowest BCUT2D eigenvalue weighted by molar-refractivity contribution is -0.135. The van der Waals surface area contributed by atoms with Gasteiger partial charge in [-0.05, 0) is 12.8 Å². The molecule has 2 saturated carbocycles. The van der Waals surface area contributed by atoms with E-state index >= 15 is 0 Å². The fourth-order valence-electron chi connectivity index (χ4n) is 2.53. The second-order valence-corrected chi connectivity index (χ2v) is 4.28. The second kappa shape index (κ2) is 4.15. The minimum Gasteiger partial charge on any atom is -0.480 e. The summed E-state index contributed by atoms with van der Waals surface area (Å²) in [6, 6.07) is 0. The van der Waals surface area contributed by atoms with Gasteiger partial charge in [-0.25, -0.2) is 0 Å². The molecule has 0 saturated heterocycles. The van der Waals surface area contributed by atoms with Crippen LogP contribution in [0.25, 0.3) is 0 Å². The minimum atomic E-state index is -1.12. The van der Waals surface area contributed by atoms with Crippen molar-refractivity contribution in [2.75, 3.05) is 6.54 Å². The van der Waals surface area contributed by atoms with Crippen LogP contribution in [0, 0.1) is 11.8 Å². The van der Waals surface area contributed by atoms with Crippen molar-refractivity contribution in [3.63, 3.8) is 0 Å². The molecule has 0 spiro atoms. The first-order valence-electron chi connectivity index (χ1n) is 5.46. The molecule has 0 aromatic rings. The van der Waals surface area contributed by atoms with Crippen LogP contribution in [0.4, 0.5) is 0 Å². The molecule has 0 amide bonds. The third-order valence-electron chi connectivity index (χ3n) is 3.28. The van der Waals surface area contributed by atoms with E-state index in [2.05, 4.69) is 4.99 Å². The number of nitrogens with zero attached hydrogens (tertiary/aromatic N) is 1. The first-order chi connectivity index (χ1) is 7.61. The molecule has 0 aromatic carbocycles. The van der Waals surface area contributed by atoms with E-state index in [4.69, 9.17) is 5.11 Å². The maximum absolute atomic E-state index is 11.8. The number of aliphatic imine (C=N–C) groups is 1. The van der Waals surface area contributed by atoms with Gasteiger partial charge in [0.25, 0.3) is 0 Å². The molecule has 86 valence electrons. The van der Waals surface area contributed by atoms with E-state index in [0.29, 0.717) is 0 Å². The average molecular weight is 223 g/mol. The van der Waals surface area contributed by atoms with Gasteiger partial charge < -0.3 is 5.11 Å². The summed E-state index contributed by atoms with van der Waals surface area (Å²) in [4.78, 5) is 37.6. The first-order valence-corrected chi connectivity index (χ1v) is 5.46. The van der Waals surface area contributed by atoms with E-state index in [1.165, 1.54) is 0 Å². The van der Waals surface area contributed by atoms with E-state index in [1.54, 1.807) is 0 Å². The smallest absolute Gasteiger partial charge is 0.325 e. The monoisotopic (exact) mass is 223 g/mol. The number of carboxylic acid groups (broad SMARTS) is 1. The molecule has 0 aliphatic heterocycles. The predicted octanol–water partition coefficient (Wildman–Crippen LogP) is 0.470. The Morgan fingerprint density at radius 3 is 2.12 bits per heavy atom. The van der Waals surface area contributed by atoms with Gasteiger partial charge in [0, 0.05) is 11.8 Å². The average Bonchev–Trinajstić information content (AvgIpc) is 2.50. The molecular weight excluding hydrogens is 210 g/mol. The van der Waals surface area contributed by atoms with Crippen LogP contribution in [-0.2, 0) is 14.4 Å². The third-order valence-corrected chi connectivity index (χ3v) is 3.28. The Bertz CT molecular complexity index is 359. The molecule has 1 N–H and O–H groups in total. The molecule has 2 atom stereocenters. The minimum absolute atomic E-state index is 0.112. The number of carbonyl (C=O) groups excluding carboxylic acids is 2. The molecule has 2 rings (SSSR count). The number of hydrogen-bond donors (Lipinski definition) is 1. The quantitative estimate of drug-likeness (QED) is 0.737. The zero-order chi connectivity index (χ0) is 11.7. The van der Waals surface area contributed by atoms with Crippen LogP contribution in [0.1, 0.15) is 25.7 Å². The number of aliphatic carboxylic acids is 1. The number of hydrogen-bond acceptors (Lipinski definition) is 4.